The van der Waals surface area contributed by atoms with Crippen LogP contribution in [0, 0.1) is 6.92 Å². The van der Waals surface area contributed by atoms with Gasteiger partial charge in [0.15, 0.2) is 0 Å². The Kier molecular flexibility index (Phi) is 4.46. The van der Waals surface area contributed by atoms with Crippen molar-refractivity contribution in [1.29, 1.82) is 0 Å². The molecule has 1 aromatic carbocycles. The Balaban J connectivity index is 2.93. The molecule has 0 saturated heterocycles. The van der Waals surface area contributed by atoms with Gasteiger partial charge in [0.1, 0.15) is 0 Å². The molecule has 90 valence electrons. The molecule has 0 aliphatic heterocycles. The first kappa shape index (κ1) is 13.0. The molecule has 0 spiro atoms. The molecule has 0 aliphatic carbocycles. The van der Waals surface area contributed by atoms with Gasteiger partial charge in [0.2, 0.25) is 5.91 Å². The van der Waals surface area contributed by atoms with Gasteiger partial charge in [-0.25, -0.2) is 4.79 Å². The number of ether oxygens (including phenoxy) is 1. The lowest BCUT2D eigenvalue weighted by Crippen LogP contribution is -2.11. The number of amides is 1. The molecule has 0 aromatic heterocycles. The van der Waals surface area contributed by atoms with Gasteiger partial charge in [0.25, 0.3) is 0 Å². The van der Waals surface area contributed by atoms with Gasteiger partial charge in [-0.05, 0) is 43.2 Å². The van der Waals surface area contributed by atoms with Crippen LogP contribution in [0.2, 0.25) is 0 Å². The number of rotatable bonds is 4. The summed E-state index contributed by atoms with van der Waals surface area (Å²) in [4.78, 5) is 22.2. The molecule has 0 atom stereocenters. The number of hydrogen-bond donors (Lipinski definition) is 1. The van der Waals surface area contributed by atoms with Gasteiger partial charge in [0.05, 0.1) is 6.61 Å². The third-order valence-electron chi connectivity index (χ3n) is 2.25. The van der Waals surface area contributed by atoms with Crippen LogP contribution < -0.4 is 5.73 Å². The van der Waals surface area contributed by atoms with Crippen molar-refractivity contribution in [3.8, 4) is 0 Å². The van der Waals surface area contributed by atoms with E-state index in [2.05, 4.69) is 0 Å². The molecule has 1 amide bonds. The number of aryl methyl sites for hydroxylation is 1. The molecule has 0 saturated carbocycles. The van der Waals surface area contributed by atoms with Crippen LogP contribution in [0.5, 0.6) is 0 Å². The second-order valence-electron chi connectivity index (χ2n) is 3.52. The van der Waals surface area contributed by atoms with E-state index in [1.807, 2.05) is 6.92 Å². The summed E-state index contributed by atoms with van der Waals surface area (Å²) in [5.74, 6) is -0.896. The molecule has 0 heterocycles. The molecule has 0 bridgehead atoms. The highest BCUT2D eigenvalue weighted by Gasteiger charge is 2.03. The van der Waals surface area contributed by atoms with E-state index >= 15 is 0 Å². The maximum absolute atomic E-state index is 11.1. The van der Waals surface area contributed by atoms with E-state index in [0.29, 0.717) is 12.2 Å². The average molecular weight is 233 g/mol. The van der Waals surface area contributed by atoms with Gasteiger partial charge in [-0.15, -0.1) is 0 Å². The van der Waals surface area contributed by atoms with E-state index in [1.165, 1.54) is 6.08 Å². The number of hydrogen-bond acceptors (Lipinski definition) is 3. The standard InChI is InChI=1S/C13H15NO3/c1-3-17-12(15)7-6-10-8-11(13(14)16)5-4-9(10)2/h4-8H,3H2,1-2H3,(H2,14,16)/b7-6+. The zero-order valence-electron chi connectivity index (χ0n) is 9.90. The first-order valence-corrected chi connectivity index (χ1v) is 5.30. The van der Waals surface area contributed by atoms with Gasteiger partial charge in [0, 0.05) is 11.6 Å². The van der Waals surface area contributed by atoms with Crippen LogP contribution in [0.4, 0.5) is 0 Å². The van der Waals surface area contributed by atoms with E-state index in [9.17, 15) is 9.59 Å². The smallest absolute Gasteiger partial charge is 0.330 e. The number of benzene rings is 1. The zero-order valence-corrected chi connectivity index (χ0v) is 9.90. The molecule has 0 unspecified atom stereocenters. The maximum Gasteiger partial charge on any atom is 0.330 e. The second-order valence-corrected chi connectivity index (χ2v) is 3.52. The fourth-order valence-electron chi connectivity index (χ4n) is 1.32. The molecule has 0 radical (unpaired) electrons. The zero-order chi connectivity index (χ0) is 12.8. The summed E-state index contributed by atoms with van der Waals surface area (Å²) in [6.45, 7) is 3.96. The van der Waals surface area contributed by atoms with Gasteiger partial charge >= 0.3 is 5.97 Å². The van der Waals surface area contributed by atoms with E-state index in [0.717, 1.165) is 11.1 Å². The minimum absolute atomic E-state index is 0.337. The monoisotopic (exact) mass is 233 g/mol. The molecule has 1 aromatic rings. The lowest BCUT2D eigenvalue weighted by molar-refractivity contribution is -0.137. The van der Waals surface area contributed by atoms with Crippen molar-refractivity contribution in [3.05, 3.63) is 41.0 Å². The highest BCUT2D eigenvalue weighted by atomic mass is 16.5. The van der Waals surface area contributed by atoms with E-state index < -0.39 is 11.9 Å². The van der Waals surface area contributed by atoms with Crippen LogP contribution in [-0.2, 0) is 9.53 Å². The quantitative estimate of drug-likeness (QED) is 0.635. The van der Waals surface area contributed by atoms with Crippen molar-refractivity contribution < 1.29 is 14.3 Å². The fraction of sp³-hybridized carbons (Fsp3) is 0.231. The van der Waals surface area contributed by atoms with Crippen molar-refractivity contribution in [2.75, 3.05) is 6.61 Å². The molecule has 2 N–H and O–H groups in total. The van der Waals surface area contributed by atoms with Gasteiger partial charge in [-0.1, -0.05) is 6.07 Å². The summed E-state index contributed by atoms with van der Waals surface area (Å²) in [7, 11) is 0. The first-order valence-electron chi connectivity index (χ1n) is 5.30. The lowest BCUT2D eigenvalue weighted by Gasteiger charge is -2.02. The van der Waals surface area contributed by atoms with Crippen molar-refractivity contribution >= 4 is 18.0 Å². The minimum Gasteiger partial charge on any atom is -0.463 e. The van der Waals surface area contributed by atoms with Crippen LogP contribution in [0.15, 0.2) is 24.3 Å². The third kappa shape index (κ3) is 3.75. The molecule has 4 heteroatoms. The first-order chi connectivity index (χ1) is 8.04. The number of carbonyl (C=O) groups is 2. The molecular weight excluding hydrogens is 218 g/mol. The van der Waals surface area contributed by atoms with E-state index in [1.54, 1.807) is 31.2 Å². The summed E-state index contributed by atoms with van der Waals surface area (Å²) >= 11 is 0. The highest BCUT2D eigenvalue weighted by Crippen LogP contribution is 2.12. The van der Waals surface area contributed by atoms with Crippen LogP contribution in [0.25, 0.3) is 6.08 Å². The van der Waals surface area contributed by atoms with Gasteiger partial charge < -0.3 is 10.5 Å². The number of esters is 1. The topological polar surface area (TPSA) is 69.4 Å². The van der Waals surface area contributed by atoms with Crippen LogP contribution >= 0.6 is 0 Å². The van der Waals surface area contributed by atoms with Crippen molar-refractivity contribution in [3.63, 3.8) is 0 Å². The van der Waals surface area contributed by atoms with Crippen LogP contribution in [0.1, 0.15) is 28.4 Å². The summed E-state index contributed by atoms with van der Waals surface area (Å²) in [6, 6.07) is 5.08. The van der Waals surface area contributed by atoms with Crippen LogP contribution in [0.3, 0.4) is 0 Å². The number of carbonyl (C=O) groups excluding carboxylic acids is 2. The number of primary amides is 1. The Morgan fingerprint density at radius 1 is 1.41 bits per heavy atom. The summed E-state index contributed by atoms with van der Waals surface area (Å²) < 4.78 is 4.76. The molecule has 0 fully saturated rings. The van der Waals surface area contributed by atoms with E-state index in [4.69, 9.17) is 10.5 Å². The summed E-state index contributed by atoms with van der Waals surface area (Å²) in [6.07, 6.45) is 2.94. The predicted molar refractivity (Wildman–Crippen MR) is 65.4 cm³/mol. The summed E-state index contributed by atoms with van der Waals surface area (Å²) in [5.41, 5.74) is 7.32. The predicted octanol–water partition coefficient (Wildman–Crippen LogP) is 1.67. The van der Waals surface area contributed by atoms with Crippen LogP contribution in [-0.4, -0.2) is 18.5 Å². The Hall–Kier alpha value is -2.10. The average Bonchev–Trinajstić information content (AvgIpc) is 2.28. The fourth-order valence-corrected chi connectivity index (χ4v) is 1.32. The lowest BCUT2D eigenvalue weighted by atomic mass is 10.0. The Bertz CT molecular complexity index is 464. The highest BCUT2D eigenvalue weighted by molar-refractivity contribution is 5.94. The van der Waals surface area contributed by atoms with Gasteiger partial charge in [-0.2, -0.15) is 0 Å². The minimum atomic E-state index is -0.490. The third-order valence-corrected chi connectivity index (χ3v) is 2.25. The van der Waals surface area contributed by atoms with Crippen molar-refractivity contribution in [2.45, 2.75) is 13.8 Å². The van der Waals surface area contributed by atoms with E-state index in [-0.39, 0.29) is 0 Å². The molecule has 17 heavy (non-hydrogen) atoms. The molecule has 0 aliphatic rings. The SMILES string of the molecule is CCOC(=O)/C=C/c1cc(C(N)=O)ccc1C. The number of nitrogens with two attached hydrogens (primary N) is 1. The second kappa shape index (κ2) is 5.84. The Morgan fingerprint density at radius 2 is 2.12 bits per heavy atom. The normalized spacial score (nSPS) is 10.5. The van der Waals surface area contributed by atoms with Crippen molar-refractivity contribution in [2.24, 2.45) is 5.73 Å². The maximum atomic E-state index is 11.1. The summed E-state index contributed by atoms with van der Waals surface area (Å²) in [5, 5.41) is 0. The molecule has 4 nitrogen and oxygen atoms in total. The van der Waals surface area contributed by atoms with Crippen molar-refractivity contribution in [1.82, 2.24) is 0 Å². The Labute approximate surface area is 100 Å². The molecular formula is C13H15NO3. The Morgan fingerprint density at radius 3 is 2.71 bits per heavy atom. The van der Waals surface area contributed by atoms with Gasteiger partial charge in [-0.3, -0.25) is 4.79 Å². The molecule has 1 rings (SSSR count). The largest absolute Gasteiger partial charge is 0.463 e.